The molecule has 0 aliphatic heterocycles. The minimum Gasteiger partial charge on any atom is -0.349 e. The van der Waals surface area contributed by atoms with Gasteiger partial charge in [-0.3, -0.25) is 9.89 Å². The van der Waals surface area contributed by atoms with E-state index in [0.717, 1.165) is 17.7 Å². The summed E-state index contributed by atoms with van der Waals surface area (Å²) >= 11 is 0. The number of benzene rings is 1. The first kappa shape index (κ1) is 13.2. The van der Waals surface area contributed by atoms with E-state index in [4.69, 9.17) is 0 Å². The molecule has 0 aliphatic rings. The number of hydrogen-bond acceptors (Lipinski definition) is 2. The number of aromatic nitrogens is 2. The average Bonchev–Trinajstić information content (AvgIpc) is 2.87. The first-order valence-corrected chi connectivity index (χ1v) is 5.78. The lowest BCUT2D eigenvalue weighted by molar-refractivity contribution is -0.121. The van der Waals surface area contributed by atoms with Crippen LogP contribution in [0.4, 0.5) is 8.78 Å². The van der Waals surface area contributed by atoms with Crippen molar-refractivity contribution in [2.75, 3.05) is 0 Å². The smallest absolute Gasteiger partial charge is 0.224 e. The van der Waals surface area contributed by atoms with Gasteiger partial charge in [0.05, 0.1) is 18.7 Å². The number of rotatable bonds is 4. The van der Waals surface area contributed by atoms with Crippen LogP contribution in [0.25, 0.3) is 0 Å². The predicted octanol–water partition coefficient (Wildman–Crippen LogP) is 2.11. The zero-order chi connectivity index (χ0) is 13.8. The molecular formula is C13H13F2N3O. The monoisotopic (exact) mass is 265 g/mol. The van der Waals surface area contributed by atoms with Crippen molar-refractivity contribution in [3.63, 3.8) is 0 Å². The zero-order valence-corrected chi connectivity index (χ0v) is 10.3. The normalized spacial score (nSPS) is 12.2. The van der Waals surface area contributed by atoms with Crippen LogP contribution in [0.3, 0.4) is 0 Å². The SMILES string of the molecule is CC(NC(=O)Cc1ccc(F)c(F)c1)c1cn[nH]c1. The van der Waals surface area contributed by atoms with E-state index in [1.54, 1.807) is 12.4 Å². The summed E-state index contributed by atoms with van der Waals surface area (Å²) < 4.78 is 25.7. The van der Waals surface area contributed by atoms with Gasteiger partial charge in [0.1, 0.15) is 0 Å². The predicted molar refractivity (Wildman–Crippen MR) is 65.2 cm³/mol. The van der Waals surface area contributed by atoms with Crippen molar-refractivity contribution in [2.45, 2.75) is 19.4 Å². The molecule has 2 rings (SSSR count). The molecule has 2 N–H and O–H groups in total. The lowest BCUT2D eigenvalue weighted by atomic mass is 10.1. The first-order valence-electron chi connectivity index (χ1n) is 5.78. The maximum atomic E-state index is 13.0. The summed E-state index contributed by atoms with van der Waals surface area (Å²) in [6.07, 6.45) is 3.30. The van der Waals surface area contributed by atoms with Crippen LogP contribution < -0.4 is 5.32 Å². The van der Waals surface area contributed by atoms with Crippen LogP contribution in [0.5, 0.6) is 0 Å². The van der Waals surface area contributed by atoms with E-state index in [2.05, 4.69) is 15.5 Å². The standard InChI is InChI=1S/C13H13F2N3O/c1-8(10-6-16-17-7-10)18-13(19)5-9-2-3-11(14)12(15)4-9/h2-4,6-8H,5H2,1H3,(H,16,17)(H,18,19). The van der Waals surface area contributed by atoms with E-state index in [9.17, 15) is 13.6 Å². The van der Waals surface area contributed by atoms with Crippen LogP contribution in [0, 0.1) is 11.6 Å². The average molecular weight is 265 g/mol. The Labute approximate surface area is 108 Å². The van der Waals surface area contributed by atoms with E-state index in [1.165, 1.54) is 6.07 Å². The third-order valence-electron chi connectivity index (χ3n) is 2.75. The number of carbonyl (C=O) groups is 1. The molecule has 1 unspecified atom stereocenters. The summed E-state index contributed by atoms with van der Waals surface area (Å²) in [5, 5.41) is 9.19. The summed E-state index contributed by atoms with van der Waals surface area (Å²) in [4.78, 5) is 11.8. The van der Waals surface area contributed by atoms with Crippen molar-refractivity contribution in [1.82, 2.24) is 15.5 Å². The molecule has 0 spiro atoms. The van der Waals surface area contributed by atoms with Gasteiger partial charge in [0.2, 0.25) is 5.91 Å². The van der Waals surface area contributed by atoms with Crippen molar-refractivity contribution in [3.05, 3.63) is 53.4 Å². The molecule has 0 aliphatic carbocycles. The summed E-state index contributed by atoms with van der Waals surface area (Å²) in [5.74, 6) is -2.14. The van der Waals surface area contributed by atoms with E-state index in [1.807, 2.05) is 6.92 Å². The van der Waals surface area contributed by atoms with Gasteiger partial charge in [0.25, 0.3) is 0 Å². The van der Waals surface area contributed by atoms with Crippen LogP contribution >= 0.6 is 0 Å². The Morgan fingerprint density at radius 2 is 2.21 bits per heavy atom. The lowest BCUT2D eigenvalue weighted by Gasteiger charge is -2.12. The largest absolute Gasteiger partial charge is 0.349 e. The van der Waals surface area contributed by atoms with Crippen molar-refractivity contribution >= 4 is 5.91 Å². The minimum absolute atomic E-state index is 0.000604. The van der Waals surface area contributed by atoms with E-state index in [-0.39, 0.29) is 18.4 Å². The number of carbonyl (C=O) groups excluding carboxylic acids is 1. The molecule has 0 fully saturated rings. The Bertz CT molecular complexity index is 569. The molecule has 6 heteroatoms. The van der Waals surface area contributed by atoms with Crippen LogP contribution in [0.1, 0.15) is 24.1 Å². The minimum atomic E-state index is -0.951. The fourth-order valence-corrected chi connectivity index (χ4v) is 1.71. The molecule has 0 saturated carbocycles. The number of amides is 1. The molecule has 0 saturated heterocycles. The lowest BCUT2D eigenvalue weighted by Crippen LogP contribution is -2.27. The van der Waals surface area contributed by atoms with Crippen molar-refractivity contribution in [3.8, 4) is 0 Å². The highest BCUT2D eigenvalue weighted by molar-refractivity contribution is 5.78. The fraction of sp³-hybridized carbons (Fsp3) is 0.231. The maximum absolute atomic E-state index is 13.0. The van der Waals surface area contributed by atoms with Gasteiger partial charge in [-0.15, -0.1) is 0 Å². The highest BCUT2D eigenvalue weighted by Gasteiger charge is 2.12. The molecule has 1 amide bonds. The van der Waals surface area contributed by atoms with E-state index < -0.39 is 11.6 Å². The van der Waals surface area contributed by atoms with Gasteiger partial charge in [0.15, 0.2) is 11.6 Å². The number of aromatic amines is 1. The van der Waals surface area contributed by atoms with Crippen LogP contribution in [-0.4, -0.2) is 16.1 Å². The third kappa shape index (κ3) is 3.37. The van der Waals surface area contributed by atoms with Crippen LogP contribution in [-0.2, 0) is 11.2 Å². The molecule has 1 heterocycles. The number of nitrogens with zero attached hydrogens (tertiary/aromatic N) is 1. The Balaban J connectivity index is 1.95. The van der Waals surface area contributed by atoms with Gasteiger partial charge in [-0.1, -0.05) is 6.07 Å². The Morgan fingerprint density at radius 3 is 2.84 bits per heavy atom. The molecular weight excluding hydrogens is 252 g/mol. The molecule has 4 nitrogen and oxygen atoms in total. The van der Waals surface area contributed by atoms with Crippen molar-refractivity contribution in [1.29, 1.82) is 0 Å². The second-order valence-corrected chi connectivity index (χ2v) is 4.25. The first-order chi connectivity index (χ1) is 9.06. The van der Waals surface area contributed by atoms with Gasteiger partial charge in [-0.05, 0) is 24.6 Å². The number of halogens is 2. The van der Waals surface area contributed by atoms with Crippen molar-refractivity contribution in [2.24, 2.45) is 0 Å². The maximum Gasteiger partial charge on any atom is 0.224 e. The Morgan fingerprint density at radius 1 is 1.42 bits per heavy atom. The second kappa shape index (κ2) is 5.60. The molecule has 1 aromatic carbocycles. The Kier molecular flexibility index (Phi) is 3.89. The van der Waals surface area contributed by atoms with Gasteiger partial charge in [-0.25, -0.2) is 8.78 Å². The summed E-state index contributed by atoms with van der Waals surface area (Å²) in [6.45, 7) is 1.81. The molecule has 2 aromatic rings. The Hall–Kier alpha value is -2.24. The topological polar surface area (TPSA) is 57.8 Å². The zero-order valence-electron chi connectivity index (χ0n) is 10.3. The van der Waals surface area contributed by atoms with Gasteiger partial charge in [0, 0.05) is 11.8 Å². The summed E-state index contributed by atoms with van der Waals surface area (Å²) in [7, 11) is 0. The number of H-pyrrole nitrogens is 1. The molecule has 0 radical (unpaired) electrons. The molecule has 19 heavy (non-hydrogen) atoms. The molecule has 1 atom stereocenters. The highest BCUT2D eigenvalue weighted by Crippen LogP contribution is 2.11. The van der Waals surface area contributed by atoms with Gasteiger partial charge in [-0.2, -0.15) is 5.10 Å². The molecule has 1 aromatic heterocycles. The van der Waals surface area contributed by atoms with Gasteiger partial charge >= 0.3 is 0 Å². The van der Waals surface area contributed by atoms with Crippen LogP contribution in [0.15, 0.2) is 30.6 Å². The van der Waals surface area contributed by atoms with Gasteiger partial charge < -0.3 is 5.32 Å². The van der Waals surface area contributed by atoms with Crippen LogP contribution in [0.2, 0.25) is 0 Å². The van der Waals surface area contributed by atoms with E-state index >= 15 is 0 Å². The number of nitrogens with one attached hydrogen (secondary N) is 2. The number of hydrogen-bond donors (Lipinski definition) is 2. The second-order valence-electron chi connectivity index (χ2n) is 4.25. The highest BCUT2D eigenvalue weighted by atomic mass is 19.2. The third-order valence-corrected chi connectivity index (χ3v) is 2.75. The molecule has 0 bridgehead atoms. The molecule has 100 valence electrons. The summed E-state index contributed by atoms with van der Waals surface area (Å²) in [6, 6.07) is 3.23. The quantitative estimate of drug-likeness (QED) is 0.889. The van der Waals surface area contributed by atoms with E-state index in [0.29, 0.717) is 5.56 Å². The summed E-state index contributed by atoms with van der Waals surface area (Å²) in [5.41, 5.74) is 1.27. The fourth-order valence-electron chi connectivity index (χ4n) is 1.71. The van der Waals surface area contributed by atoms with Crippen molar-refractivity contribution < 1.29 is 13.6 Å².